The summed E-state index contributed by atoms with van der Waals surface area (Å²) in [6, 6.07) is 5.35. The van der Waals surface area contributed by atoms with Crippen molar-refractivity contribution in [2.45, 2.75) is 24.6 Å². The van der Waals surface area contributed by atoms with Gasteiger partial charge in [0.25, 0.3) is 0 Å². The molecular formula is C13H14F3NO3. The molecule has 1 atom stereocenters. The molecule has 20 heavy (non-hydrogen) atoms. The molecule has 110 valence electrons. The summed E-state index contributed by atoms with van der Waals surface area (Å²) >= 11 is 0. The third-order valence-electron chi connectivity index (χ3n) is 3.28. The Kier molecular flexibility index (Phi) is 3.89. The van der Waals surface area contributed by atoms with E-state index in [1.54, 1.807) is 0 Å². The highest BCUT2D eigenvalue weighted by Gasteiger charge is 2.57. The molecule has 0 bridgehead atoms. The SMILES string of the molecule is O=C(O)c1ccccc1OC1(C(F)(F)F)CCCNC1. The highest BCUT2D eigenvalue weighted by atomic mass is 19.4. The Morgan fingerprint density at radius 2 is 2.05 bits per heavy atom. The van der Waals surface area contributed by atoms with E-state index in [2.05, 4.69) is 5.32 Å². The summed E-state index contributed by atoms with van der Waals surface area (Å²) in [5.41, 5.74) is -2.65. The predicted molar refractivity (Wildman–Crippen MR) is 64.9 cm³/mol. The number of carbonyl (C=O) groups is 1. The van der Waals surface area contributed by atoms with E-state index in [1.807, 2.05) is 0 Å². The standard InChI is InChI=1S/C13H14F3NO3/c14-13(15,16)12(6-3-7-17-8-12)20-10-5-2-1-4-9(10)11(18)19/h1-2,4-5,17H,3,6-8H2,(H,18,19). The summed E-state index contributed by atoms with van der Waals surface area (Å²) in [5.74, 6) is -1.58. The molecule has 1 fully saturated rings. The minimum atomic E-state index is -4.58. The maximum Gasteiger partial charge on any atom is 0.429 e. The quantitative estimate of drug-likeness (QED) is 0.897. The third kappa shape index (κ3) is 2.72. The second-order valence-electron chi connectivity index (χ2n) is 4.68. The average Bonchev–Trinajstić information content (AvgIpc) is 2.39. The normalized spacial score (nSPS) is 23.4. The maximum atomic E-state index is 13.3. The number of aromatic carboxylic acids is 1. The van der Waals surface area contributed by atoms with Gasteiger partial charge in [-0.3, -0.25) is 0 Å². The first-order valence-corrected chi connectivity index (χ1v) is 6.14. The van der Waals surface area contributed by atoms with Crippen LogP contribution in [-0.4, -0.2) is 35.9 Å². The average molecular weight is 289 g/mol. The van der Waals surface area contributed by atoms with E-state index in [0.717, 1.165) is 0 Å². The topological polar surface area (TPSA) is 58.6 Å². The Labute approximate surface area is 113 Å². The number of ether oxygens (including phenoxy) is 1. The van der Waals surface area contributed by atoms with Crippen LogP contribution >= 0.6 is 0 Å². The Hall–Kier alpha value is -1.76. The van der Waals surface area contributed by atoms with Gasteiger partial charge in [0.2, 0.25) is 5.60 Å². The van der Waals surface area contributed by atoms with Crippen LogP contribution in [0.5, 0.6) is 5.75 Å². The van der Waals surface area contributed by atoms with Crippen molar-refractivity contribution in [3.8, 4) is 5.75 Å². The number of nitrogens with one attached hydrogen (secondary N) is 1. The molecule has 2 rings (SSSR count). The van der Waals surface area contributed by atoms with Gasteiger partial charge in [0, 0.05) is 6.54 Å². The van der Waals surface area contributed by atoms with Crippen molar-refractivity contribution < 1.29 is 27.8 Å². The molecule has 1 unspecified atom stereocenters. The molecule has 0 amide bonds. The number of halogens is 3. The number of para-hydroxylation sites is 1. The first kappa shape index (κ1) is 14.6. The van der Waals surface area contributed by atoms with Crippen LogP contribution in [0.15, 0.2) is 24.3 Å². The molecule has 0 aliphatic carbocycles. The lowest BCUT2D eigenvalue weighted by atomic mass is 9.93. The fourth-order valence-electron chi connectivity index (χ4n) is 2.21. The zero-order chi connectivity index (χ0) is 14.8. The van der Waals surface area contributed by atoms with Crippen LogP contribution in [0.25, 0.3) is 0 Å². The van der Waals surface area contributed by atoms with Crippen LogP contribution in [0.2, 0.25) is 0 Å². The summed E-state index contributed by atoms with van der Waals surface area (Å²) in [4.78, 5) is 11.0. The van der Waals surface area contributed by atoms with E-state index in [1.165, 1.54) is 24.3 Å². The van der Waals surface area contributed by atoms with Crippen molar-refractivity contribution in [1.82, 2.24) is 5.32 Å². The molecule has 1 aromatic rings. The first-order chi connectivity index (χ1) is 9.36. The molecule has 0 saturated carbocycles. The number of benzene rings is 1. The number of carboxylic acids is 1. The van der Waals surface area contributed by atoms with Gasteiger partial charge in [-0.15, -0.1) is 0 Å². The Morgan fingerprint density at radius 1 is 1.35 bits per heavy atom. The van der Waals surface area contributed by atoms with E-state index < -0.39 is 17.7 Å². The van der Waals surface area contributed by atoms with Crippen LogP contribution < -0.4 is 10.1 Å². The van der Waals surface area contributed by atoms with Crippen molar-refractivity contribution in [2.24, 2.45) is 0 Å². The molecule has 1 heterocycles. The van der Waals surface area contributed by atoms with Gasteiger partial charge in [-0.05, 0) is 31.5 Å². The smallest absolute Gasteiger partial charge is 0.429 e. The number of carboxylic acid groups (broad SMARTS) is 1. The minimum absolute atomic E-state index is 0.197. The van der Waals surface area contributed by atoms with E-state index in [-0.39, 0.29) is 24.3 Å². The fraction of sp³-hybridized carbons (Fsp3) is 0.462. The zero-order valence-electron chi connectivity index (χ0n) is 10.5. The highest BCUT2D eigenvalue weighted by molar-refractivity contribution is 5.90. The zero-order valence-corrected chi connectivity index (χ0v) is 10.5. The molecule has 1 saturated heterocycles. The number of alkyl halides is 3. The van der Waals surface area contributed by atoms with Gasteiger partial charge in [-0.2, -0.15) is 13.2 Å². The fourth-order valence-corrected chi connectivity index (χ4v) is 2.21. The molecule has 1 aliphatic rings. The van der Waals surface area contributed by atoms with Crippen LogP contribution in [0, 0.1) is 0 Å². The molecule has 1 aromatic carbocycles. The third-order valence-corrected chi connectivity index (χ3v) is 3.28. The highest BCUT2D eigenvalue weighted by Crippen LogP contribution is 2.40. The van der Waals surface area contributed by atoms with Crippen molar-refractivity contribution in [3.05, 3.63) is 29.8 Å². The monoisotopic (exact) mass is 289 g/mol. The Bertz CT molecular complexity index is 496. The summed E-state index contributed by atoms with van der Waals surface area (Å²) in [6.07, 6.45) is -4.46. The summed E-state index contributed by atoms with van der Waals surface area (Å²) < 4.78 is 45.0. The lowest BCUT2D eigenvalue weighted by Gasteiger charge is -2.39. The molecule has 4 nitrogen and oxygen atoms in total. The number of rotatable bonds is 3. The van der Waals surface area contributed by atoms with Gasteiger partial charge in [0.15, 0.2) is 0 Å². The van der Waals surface area contributed by atoms with Crippen LogP contribution in [0.4, 0.5) is 13.2 Å². The summed E-state index contributed by atoms with van der Waals surface area (Å²) in [5, 5.41) is 11.7. The van der Waals surface area contributed by atoms with Crippen molar-refractivity contribution in [3.63, 3.8) is 0 Å². The van der Waals surface area contributed by atoms with Gasteiger partial charge >= 0.3 is 12.1 Å². The summed E-state index contributed by atoms with van der Waals surface area (Å²) in [7, 11) is 0. The van der Waals surface area contributed by atoms with Crippen molar-refractivity contribution in [1.29, 1.82) is 0 Å². The van der Waals surface area contributed by atoms with E-state index in [9.17, 15) is 18.0 Å². The van der Waals surface area contributed by atoms with Gasteiger partial charge in [0.05, 0.1) is 0 Å². The van der Waals surface area contributed by atoms with E-state index >= 15 is 0 Å². The second kappa shape index (κ2) is 5.32. The Morgan fingerprint density at radius 3 is 2.60 bits per heavy atom. The molecule has 0 spiro atoms. The molecular weight excluding hydrogens is 275 g/mol. The largest absolute Gasteiger partial charge is 0.478 e. The van der Waals surface area contributed by atoms with E-state index in [0.29, 0.717) is 13.0 Å². The van der Waals surface area contributed by atoms with Crippen molar-refractivity contribution in [2.75, 3.05) is 13.1 Å². The first-order valence-electron chi connectivity index (χ1n) is 6.14. The van der Waals surface area contributed by atoms with Gasteiger partial charge in [-0.1, -0.05) is 12.1 Å². The van der Waals surface area contributed by atoms with Gasteiger partial charge < -0.3 is 15.2 Å². The second-order valence-corrected chi connectivity index (χ2v) is 4.68. The maximum absolute atomic E-state index is 13.3. The van der Waals surface area contributed by atoms with Gasteiger partial charge in [-0.25, -0.2) is 4.79 Å². The minimum Gasteiger partial charge on any atom is -0.478 e. The molecule has 1 aliphatic heterocycles. The Balaban J connectivity index is 2.36. The molecule has 0 radical (unpaired) electrons. The van der Waals surface area contributed by atoms with Crippen LogP contribution in [0.3, 0.4) is 0 Å². The number of hydrogen-bond donors (Lipinski definition) is 2. The van der Waals surface area contributed by atoms with Crippen molar-refractivity contribution >= 4 is 5.97 Å². The molecule has 0 aromatic heterocycles. The molecule has 7 heteroatoms. The predicted octanol–water partition coefficient (Wildman–Crippen LogP) is 2.45. The summed E-state index contributed by atoms with van der Waals surface area (Å²) in [6.45, 7) is 0.103. The molecule has 2 N–H and O–H groups in total. The lowest BCUT2D eigenvalue weighted by Crippen LogP contribution is -2.59. The van der Waals surface area contributed by atoms with E-state index in [4.69, 9.17) is 9.84 Å². The lowest BCUT2D eigenvalue weighted by molar-refractivity contribution is -0.253. The number of hydrogen-bond acceptors (Lipinski definition) is 3. The number of piperidine rings is 1. The van der Waals surface area contributed by atoms with Crippen LogP contribution in [0.1, 0.15) is 23.2 Å². The van der Waals surface area contributed by atoms with Crippen LogP contribution in [-0.2, 0) is 0 Å². The van der Waals surface area contributed by atoms with Gasteiger partial charge in [0.1, 0.15) is 11.3 Å².